The first-order chi connectivity index (χ1) is 15.0. The molecule has 1 N–H and O–H groups in total. The Morgan fingerprint density at radius 2 is 2.03 bits per heavy atom. The van der Waals surface area contributed by atoms with Gasteiger partial charge in [0, 0.05) is 31.4 Å². The van der Waals surface area contributed by atoms with Gasteiger partial charge in [-0.15, -0.1) is 0 Å². The van der Waals surface area contributed by atoms with Crippen molar-refractivity contribution in [3.05, 3.63) is 23.9 Å². The summed E-state index contributed by atoms with van der Waals surface area (Å²) in [6, 6.07) is 5.95. The summed E-state index contributed by atoms with van der Waals surface area (Å²) in [5, 5.41) is 19.9. The molecule has 6 fully saturated rings. The molecule has 2 amide bonds. The Morgan fingerprint density at radius 1 is 1.23 bits per heavy atom. The lowest BCUT2D eigenvalue weighted by Gasteiger charge is -2.59. The van der Waals surface area contributed by atoms with Gasteiger partial charge in [0.1, 0.15) is 12.7 Å². The molecule has 4 bridgehead atoms. The van der Waals surface area contributed by atoms with E-state index in [1.807, 2.05) is 0 Å². The predicted molar refractivity (Wildman–Crippen MR) is 112 cm³/mol. The molecule has 2 saturated heterocycles. The standard InChI is InChI=1S/C24H30N4O3/c25-12-16-3-4-20(26-13-16)31-15-23-5-1-2-6-28(23)22(29)27(14-23)21-18-7-17-8-19(21)11-24(30,9-17)10-18/h3-4,13,17-19,21,30H,1-2,5-11,14-15H2. The van der Waals surface area contributed by atoms with Crippen LogP contribution in [0.4, 0.5) is 4.79 Å². The van der Waals surface area contributed by atoms with E-state index >= 15 is 0 Å². The van der Waals surface area contributed by atoms with Crippen LogP contribution in [0.1, 0.15) is 56.9 Å². The molecule has 0 radical (unpaired) electrons. The smallest absolute Gasteiger partial charge is 0.321 e. The summed E-state index contributed by atoms with van der Waals surface area (Å²) in [5.74, 6) is 2.00. The minimum Gasteiger partial charge on any atom is -0.475 e. The number of carbonyl (C=O) groups is 1. The second kappa shape index (κ2) is 6.83. The van der Waals surface area contributed by atoms with Gasteiger partial charge in [-0.3, -0.25) is 0 Å². The summed E-state index contributed by atoms with van der Waals surface area (Å²) >= 11 is 0. The van der Waals surface area contributed by atoms with Gasteiger partial charge in [0.25, 0.3) is 0 Å². The Hall–Kier alpha value is -2.33. The number of fused-ring (bicyclic) bond motifs is 1. The summed E-state index contributed by atoms with van der Waals surface area (Å²) in [6.07, 6.45) is 9.59. The molecule has 0 aromatic carbocycles. The second-order valence-electron chi connectivity index (χ2n) is 10.7. The van der Waals surface area contributed by atoms with Gasteiger partial charge in [0.15, 0.2) is 0 Å². The van der Waals surface area contributed by atoms with Crippen LogP contribution in [0.2, 0.25) is 0 Å². The number of urea groups is 1. The van der Waals surface area contributed by atoms with E-state index in [1.54, 1.807) is 12.1 Å². The first-order valence-corrected chi connectivity index (χ1v) is 11.8. The van der Waals surface area contributed by atoms with Gasteiger partial charge < -0.3 is 19.6 Å². The largest absolute Gasteiger partial charge is 0.475 e. The number of pyridine rings is 1. The Kier molecular flexibility index (Phi) is 4.27. The molecule has 1 aromatic heterocycles. The highest BCUT2D eigenvalue weighted by Crippen LogP contribution is 2.58. The molecule has 4 saturated carbocycles. The maximum atomic E-state index is 13.6. The SMILES string of the molecule is N#Cc1ccc(OCC23CCCCN2C(=O)N(C2C4CC5CC2CC(O)(C5)C4)C3)nc1. The molecule has 0 spiro atoms. The monoisotopic (exact) mass is 422 g/mol. The molecule has 7 nitrogen and oxygen atoms in total. The molecule has 31 heavy (non-hydrogen) atoms. The first-order valence-electron chi connectivity index (χ1n) is 11.8. The highest BCUT2D eigenvalue weighted by Gasteiger charge is 2.61. The molecular formula is C24H30N4O3. The zero-order chi connectivity index (χ0) is 21.2. The summed E-state index contributed by atoms with van der Waals surface area (Å²) in [4.78, 5) is 22.1. The van der Waals surface area contributed by atoms with Gasteiger partial charge in [-0.1, -0.05) is 0 Å². The minimum absolute atomic E-state index is 0.167. The van der Waals surface area contributed by atoms with E-state index in [0.717, 1.165) is 57.9 Å². The highest BCUT2D eigenvalue weighted by molar-refractivity contribution is 5.79. The molecule has 4 aliphatic carbocycles. The van der Waals surface area contributed by atoms with E-state index in [0.29, 0.717) is 42.3 Å². The lowest BCUT2D eigenvalue weighted by molar-refractivity contribution is -0.153. The fraction of sp³-hybridized carbons (Fsp3) is 0.708. The van der Waals surface area contributed by atoms with Crippen molar-refractivity contribution < 1.29 is 14.6 Å². The number of rotatable bonds is 4. The topological polar surface area (TPSA) is 89.7 Å². The van der Waals surface area contributed by atoms with Crippen molar-refractivity contribution in [2.24, 2.45) is 17.8 Å². The molecule has 3 heterocycles. The van der Waals surface area contributed by atoms with Crippen LogP contribution in [0.25, 0.3) is 0 Å². The molecule has 7 heteroatoms. The number of piperidine rings is 1. The third kappa shape index (κ3) is 3.02. The molecular weight excluding hydrogens is 392 g/mol. The van der Waals surface area contributed by atoms with E-state index in [-0.39, 0.29) is 17.6 Å². The Balaban J connectivity index is 1.24. The van der Waals surface area contributed by atoms with Crippen LogP contribution in [0, 0.1) is 29.1 Å². The number of nitrogens with zero attached hydrogens (tertiary/aromatic N) is 4. The van der Waals surface area contributed by atoms with Crippen molar-refractivity contribution in [3.63, 3.8) is 0 Å². The predicted octanol–water partition coefficient (Wildman–Crippen LogP) is 2.93. The van der Waals surface area contributed by atoms with Crippen molar-refractivity contribution in [2.45, 2.75) is 68.5 Å². The third-order valence-corrected chi connectivity index (χ3v) is 8.69. The number of ether oxygens (including phenoxy) is 1. The number of carbonyl (C=O) groups excluding carboxylic acids is 1. The second-order valence-corrected chi connectivity index (χ2v) is 10.7. The van der Waals surface area contributed by atoms with E-state index in [9.17, 15) is 9.90 Å². The van der Waals surface area contributed by atoms with Crippen LogP contribution < -0.4 is 4.74 Å². The lowest BCUT2D eigenvalue weighted by Crippen LogP contribution is -2.62. The van der Waals surface area contributed by atoms with Crippen molar-refractivity contribution in [1.29, 1.82) is 5.26 Å². The van der Waals surface area contributed by atoms with Crippen molar-refractivity contribution in [3.8, 4) is 11.9 Å². The van der Waals surface area contributed by atoms with Crippen LogP contribution in [0.5, 0.6) is 5.88 Å². The molecule has 3 unspecified atom stereocenters. The zero-order valence-corrected chi connectivity index (χ0v) is 17.9. The average molecular weight is 423 g/mol. The summed E-state index contributed by atoms with van der Waals surface area (Å²) in [7, 11) is 0. The van der Waals surface area contributed by atoms with Crippen molar-refractivity contribution in [1.82, 2.24) is 14.8 Å². The molecule has 3 atom stereocenters. The Morgan fingerprint density at radius 3 is 2.71 bits per heavy atom. The van der Waals surface area contributed by atoms with Gasteiger partial charge in [-0.05, 0) is 75.2 Å². The van der Waals surface area contributed by atoms with E-state index in [1.165, 1.54) is 6.20 Å². The summed E-state index contributed by atoms with van der Waals surface area (Å²) < 4.78 is 6.09. The molecule has 164 valence electrons. The fourth-order valence-corrected chi connectivity index (χ4v) is 7.73. The number of hydrogen-bond acceptors (Lipinski definition) is 5. The van der Waals surface area contributed by atoms with Crippen LogP contribution in [-0.2, 0) is 0 Å². The molecule has 1 aromatic rings. The van der Waals surface area contributed by atoms with Crippen LogP contribution in [0.15, 0.2) is 18.3 Å². The van der Waals surface area contributed by atoms with E-state index in [4.69, 9.17) is 10.00 Å². The number of aromatic nitrogens is 1. The molecule has 2 aliphatic heterocycles. The Bertz CT molecular complexity index is 912. The zero-order valence-electron chi connectivity index (χ0n) is 17.9. The molecule has 6 aliphatic rings. The number of aliphatic hydroxyl groups is 1. The minimum atomic E-state index is -0.481. The van der Waals surface area contributed by atoms with E-state index < -0.39 is 5.60 Å². The van der Waals surface area contributed by atoms with Gasteiger partial charge in [0.2, 0.25) is 5.88 Å². The van der Waals surface area contributed by atoms with Gasteiger partial charge in [-0.2, -0.15) is 5.26 Å². The molecule has 7 rings (SSSR count). The summed E-state index contributed by atoms with van der Waals surface area (Å²) in [6.45, 7) is 1.93. The van der Waals surface area contributed by atoms with Crippen LogP contribution in [-0.4, -0.2) is 62.8 Å². The van der Waals surface area contributed by atoms with Crippen molar-refractivity contribution >= 4 is 6.03 Å². The van der Waals surface area contributed by atoms with Gasteiger partial charge in [0.05, 0.1) is 16.7 Å². The number of amides is 2. The fourth-order valence-electron chi connectivity index (χ4n) is 7.73. The number of hydrogen-bond donors (Lipinski definition) is 1. The Labute approximate surface area is 183 Å². The first kappa shape index (κ1) is 19.4. The van der Waals surface area contributed by atoms with Crippen LogP contribution >= 0.6 is 0 Å². The van der Waals surface area contributed by atoms with E-state index in [2.05, 4.69) is 20.9 Å². The quantitative estimate of drug-likeness (QED) is 0.806. The maximum absolute atomic E-state index is 13.6. The van der Waals surface area contributed by atoms with Crippen molar-refractivity contribution in [2.75, 3.05) is 19.7 Å². The average Bonchev–Trinajstić information content (AvgIpc) is 3.04. The van der Waals surface area contributed by atoms with Gasteiger partial charge in [-0.25, -0.2) is 9.78 Å². The third-order valence-electron chi connectivity index (χ3n) is 8.69. The number of nitriles is 1. The van der Waals surface area contributed by atoms with Crippen LogP contribution in [0.3, 0.4) is 0 Å². The lowest BCUT2D eigenvalue weighted by atomic mass is 9.52. The maximum Gasteiger partial charge on any atom is 0.321 e. The highest BCUT2D eigenvalue weighted by atomic mass is 16.5. The van der Waals surface area contributed by atoms with Gasteiger partial charge >= 0.3 is 6.03 Å². The normalized spacial score (nSPS) is 40.7. The summed E-state index contributed by atoms with van der Waals surface area (Å²) in [5.41, 5.74) is -0.281.